The summed E-state index contributed by atoms with van der Waals surface area (Å²) in [6, 6.07) is -0.184. The molecule has 0 spiro atoms. The Morgan fingerprint density at radius 2 is 2.21 bits per heavy atom. The van der Waals surface area contributed by atoms with Gasteiger partial charge in [0.25, 0.3) is 0 Å². The first kappa shape index (κ1) is 12.1. The number of anilines is 1. The van der Waals surface area contributed by atoms with E-state index in [1.807, 2.05) is 6.08 Å². The Morgan fingerprint density at radius 1 is 1.47 bits per heavy atom. The average Bonchev–Trinajstić information content (AvgIpc) is 2.94. The van der Waals surface area contributed by atoms with Crippen molar-refractivity contribution >= 4 is 11.7 Å². The molecule has 4 atom stereocenters. The molecule has 0 unspecified atom stereocenters. The number of nitrogens with two attached hydrogens (primary N) is 1. The summed E-state index contributed by atoms with van der Waals surface area (Å²) in [6.07, 6.45) is 6.11. The summed E-state index contributed by atoms with van der Waals surface area (Å²) < 4.78 is 13.7. The molecule has 5 nitrogen and oxygen atoms in total. The largest absolute Gasteiger partial charge is 0.369 e. The minimum atomic E-state index is -0.513. The van der Waals surface area contributed by atoms with Crippen LogP contribution >= 0.6 is 0 Å². The Hall–Kier alpha value is -1.98. The summed E-state index contributed by atoms with van der Waals surface area (Å²) in [7, 11) is 0. The lowest BCUT2D eigenvalue weighted by Crippen LogP contribution is -2.41. The second kappa shape index (κ2) is 4.29. The molecule has 1 fully saturated rings. The number of carbonyl (C=O) groups is 1. The van der Waals surface area contributed by atoms with Gasteiger partial charge in [0.05, 0.1) is 12.1 Å². The molecule has 0 aliphatic heterocycles. The van der Waals surface area contributed by atoms with E-state index in [9.17, 15) is 9.18 Å². The van der Waals surface area contributed by atoms with Crippen molar-refractivity contribution in [2.24, 2.45) is 23.5 Å². The normalized spacial score (nSPS) is 31.7. The minimum absolute atomic E-state index is 0.143. The van der Waals surface area contributed by atoms with Gasteiger partial charge in [0.1, 0.15) is 5.82 Å². The molecule has 2 bridgehead atoms. The lowest BCUT2D eigenvalue weighted by atomic mass is 9.88. The molecule has 3 N–H and O–H groups in total. The number of amides is 1. The van der Waals surface area contributed by atoms with Crippen molar-refractivity contribution in [3.05, 3.63) is 30.0 Å². The standard InChI is InChI=1S/C13H15FN4O/c1-6-16-5-9(14)13(17-6)18-11-8-3-2-7(4-8)10(11)12(15)19/h2-3,5,7-8,10-11H,4H2,1H3,(H2,15,19)(H,16,17,18)/t7-,8+,10+,11-/m0/s1. The van der Waals surface area contributed by atoms with Crippen molar-refractivity contribution in [2.75, 3.05) is 5.32 Å². The van der Waals surface area contributed by atoms with E-state index in [0.29, 0.717) is 5.82 Å². The maximum atomic E-state index is 13.7. The average molecular weight is 262 g/mol. The number of halogens is 1. The smallest absolute Gasteiger partial charge is 0.223 e. The summed E-state index contributed by atoms with van der Waals surface area (Å²) in [5, 5.41) is 3.03. The van der Waals surface area contributed by atoms with Gasteiger partial charge in [-0.15, -0.1) is 0 Å². The predicted molar refractivity (Wildman–Crippen MR) is 67.6 cm³/mol. The highest BCUT2D eigenvalue weighted by molar-refractivity contribution is 5.79. The van der Waals surface area contributed by atoms with Crippen LogP contribution in [0.5, 0.6) is 0 Å². The predicted octanol–water partition coefficient (Wildman–Crippen LogP) is 1.01. The van der Waals surface area contributed by atoms with Gasteiger partial charge in [-0.25, -0.2) is 14.4 Å². The topological polar surface area (TPSA) is 80.9 Å². The Bertz CT molecular complexity index is 560. The van der Waals surface area contributed by atoms with Crippen molar-refractivity contribution in [3.63, 3.8) is 0 Å². The molecule has 1 saturated carbocycles. The zero-order chi connectivity index (χ0) is 13.6. The molecular weight excluding hydrogens is 247 g/mol. The summed E-state index contributed by atoms with van der Waals surface area (Å²) in [4.78, 5) is 19.4. The summed E-state index contributed by atoms with van der Waals surface area (Å²) in [5.74, 6) is -0.170. The SMILES string of the molecule is Cc1ncc(F)c(N[C@@H]2[C@H](C(N)=O)[C@H]3C=C[C@@H]2C3)n1. The molecule has 1 aromatic heterocycles. The molecule has 19 heavy (non-hydrogen) atoms. The van der Waals surface area contributed by atoms with Gasteiger partial charge >= 0.3 is 0 Å². The number of hydrogen-bond donors (Lipinski definition) is 2. The van der Waals surface area contributed by atoms with Gasteiger partial charge in [0.2, 0.25) is 5.91 Å². The lowest BCUT2D eigenvalue weighted by molar-refractivity contribution is -0.122. The van der Waals surface area contributed by atoms with E-state index < -0.39 is 5.82 Å². The van der Waals surface area contributed by atoms with Gasteiger partial charge in [0, 0.05) is 6.04 Å². The fourth-order valence-electron chi connectivity index (χ4n) is 3.12. The van der Waals surface area contributed by atoms with Crippen LogP contribution in [-0.4, -0.2) is 21.9 Å². The van der Waals surface area contributed by atoms with Gasteiger partial charge in [-0.3, -0.25) is 4.79 Å². The first-order valence-corrected chi connectivity index (χ1v) is 6.29. The number of aromatic nitrogens is 2. The van der Waals surface area contributed by atoms with Crippen LogP contribution in [0, 0.1) is 30.5 Å². The maximum Gasteiger partial charge on any atom is 0.223 e. The van der Waals surface area contributed by atoms with Crippen LogP contribution in [0.1, 0.15) is 12.2 Å². The molecule has 0 aromatic carbocycles. The molecule has 1 amide bonds. The van der Waals surface area contributed by atoms with E-state index in [-0.39, 0.29) is 35.5 Å². The zero-order valence-electron chi connectivity index (χ0n) is 10.5. The third-order valence-corrected chi connectivity index (χ3v) is 3.96. The fraction of sp³-hybridized carbons (Fsp3) is 0.462. The molecule has 6 heteroatoms. The van der Waals surface area contributed by atoms with Crippen LogP contribution in [0.2, 0.25) is 0 Å². The van der Waals surface area contributed by atoms with Crippen LogP contribution in [0.4, 0.5) is 10.2 Å². The number of nitrogens with zero attached hydrogens (tertiary/aromatic N) is 2. The van der Waals surface area contributed by atoms with Crippen molar-refractivity contribution in [1.82, 2.24) is 9.97 Å². The van der Waals surface area contributed by atoms with Crippen LogP contribution in [0.3, 0.4) is 0 Å². The van der Waals surface area contributed by atoms with Crippen LogP contribution in [0.15, 0.2) is 18.3 Å². The van der Waals surface area contributed by atoms with E-state index in [0.717, 1.165) is 12.6 Å². The summed E-state index contributed by atoms with van der Waals surface area (Å²) in [6.45, 7) is 1.69. The highest BCUT2D eigenvalue weighted by Crippen LogP contribution is 2.44. The third kappa shape index (κ3) is 1.97. The highest BCUT2D eigenvalue weighted by Gasteiger charge is 2.47. The van der Waals surface area contributed by atoms with E-state index in [2.05, 4.69) is 21.4 Å². The van der Waals surface area contributed by atoms with Crippen molar-refractivity contribution in [1.29, 1.82) is 0 Å². The Morgan fingerprint density at radius 3 is 2.95 bits per heavy atom. The van der Waals surface area contributed by atoms with Crippen LogP contribution in [0.25, 0.3) is 0 Å². The number of nitrogens with one attached hydrogen (secondary N) is 1. The molecule has 0 saturated heterocycles. The summed E-state index contributed by atoms with van der Waals surface area (Å²) >= 11 is 0. The Kier molecular flexibility index (Phi) is 2.73. The molecule has 2 aliphatic carbocycles. The second-order valence-electron chi connectivity index (χ2n) is 5.16. The van der Waals surface area contributed by atoms with E-state index in [4.69, 9.17) is 5.73 Å². The monoisotopic (exact) mass is 262 g/mol. The molecule has 1 heterocycles. The van der Waals surface area contributed by atoms with Crippen LogP contribution in [-0.2, 0) is 4.79 Å². The Labute approximate surface area is 110 Å². The first-order chi connectivity index (χ1) is 9.06. The molecule has 0 radical (unpaired) electrons. The van der Waals surface area contributed by atoms with Crippen molar-refractivity contribution < 1.29 is 9.18 Å². The van der Waals surface area contributed by atoms with Gasteiger partial charge in [-0.2, -0.15) is 0 Å². The third-order valence-electron chi connectivity index (χ3n) is 3.96. The quantitative estimate of drug-likeness (QED) is 0.797. The van der Waals surface area contributed by atoms with Crippen LogP contribution < -0.4 is 11.1 Å². The second-order valence-corrected chi connectivity index (χ2v) is 5.16. The van der Waals surface area contributed by atoms with E-state index in [1.165, 1.54) is 0 Å². The van der Waals surface area contributed by atoms with Gasteiger partial charge in [-0.05, 0) is 25.2 Å². The number of aryl methyl sites for hydroxylation is 1. The molecular formula is C13H15FN4O. The number of carbonyl (C=O) groups excluding carboxylic acids is 1. The van der Waals surface area contributed by atoms with Gasteiger partial charge in [0.15, 0.2) is 11.6 Å². The number of fused-ring (bicyclic) bond motifs is 2. The van der Waals surface area contributed by atoms with Crippen molar-refractivity contribution in [2.45, 2.75) is 19.4 Å². The van der Waals surface area contributed by atoms with Gasteiger partial charge < -0.3 is 11.1 Å². The number of allylic oxidation sites excluding steroid dienone is 1. The maximum absolute atomic E-state index is 13.7. The molecule has 100 valence electrons. The summed E-state index contributed by atoms with van der Waals surface area (Å²) in [5.41, 5.74) is 5.46. The van der Waals surface area contributed by atoms with Crippen molar-refractivity contribution in [3.8, 4) is 0 Å². The number of hydrogen-bond acceptors (Lipinski definition) is 4. The molecule has 2 aliphatic rings. The number of rotatable bonds is 3. The highest BCUT2D eigenvalue weighted by atomic mass is 19.1. The van der Waals surface area contributed by atoms with E-state index in [1.54, 1.807) is 6.92 Å². The molecule has 1 aromatic rings. The molecule has 3 rings (SSSR count). The zero-order valence-corrected chi connectivity index (χ0v) is 10.5. The minimum Gasteiger partial charge on any atom is -0.369 e. The fourth-order valence-corrected chi connectivity index (χ4v) is 3.12. The van der Waals surface area contributed by atoms with E-state index >= 15 is 0 Å². The Balaban J connectivity index is 1.88. The van der Waals surface area contributed by atoms with Gasteiger partial charge in [-0.1, -0.05) is 12.2 Å². The first-order valence-electron chi connectivity index (χ1n) is 6.29. The number of primary amides is 1. The lowest BCUT2D eigenvalue weighted by Gasteiger charge is -2.27.